The van der Waals surface area contributed by atoms with Crippen LogP contribution in [0.15, 0.2) is 33.9 Å². The number of aromatic nitrogens is 2. The summed E-state index contributed by atoms with van der Waals surface area (Å²) >= 11 is 8.82. The molecule has 1 aromatic heterocycles. The maximum absolute atomic E-state index is 13.0. The number of sulfonamides is 1. The molecule has 0 saturated heterocycles. The van der Waals surface area contributed by atoms with Crippen LogP contribution in [0.4, 0.5) is 10.1 Å². The van der Waals surface area contributed by atoms with Gasteiger partial charge in [0.1, 0.15) is 10.7 Å². The van der Waals surface area contributed by atoms with Crippen LogP contribution < -0.4 is 4.72 Å². The Morgan fingerprint density at radius 3 is 2.72 bits per heavy atom. The molecular formula is C9H6BrClFN3O2S. The lowest BCUT2D eigenvalue weighted by molar-refractivity contribution is 0.601. The molecule has 0 spiro atoms. The number of aromatic amines is 1. The number of anilines is 1. The quantitative estimate of drug-likeness (QED) is 0.890. The van der Waals surface area contributed by atoms with Crippen LogP contribution in [-0.4, -0.2) is 18.6 Å². The number of nitrogens with one attached hydrogen (secondary N) is 2. The summed E-state index contributed by atoms with van der Waals surface area (Å²) in [6.07, 6.45) is 2.36. The van der Waals surface area contributed by atoms with Gasteiger partial charge in [-0.05, 0) is 28.1 Å². The van der Waals surface area contributed by atoms with Crippen LogP contribution in [-0.2, 0) is 10.0 Å². The third-order valence-corrected chi connectivity index (χ3v) is 4.27. The van der Waals surface area contributed by atoms with E-state index in [1.165, 1.54) is 6.20 Å². The Labute approximate surface area is 116 Å². The first-order chi connectivity index (χ1) is 8.40. The first-order valence-electron chi connectivity index (χ1n) is 4.56. The first-order valence-corrected chi connectivity index (χ1v) is 7.22. The molecule has 0 bridgehead atoms. The van der Waals surface area contributed by atoms with Gasteiger partial charge in [-0.15, -0.1) is 0 Å². The summed E-state index contributed by atoms with van der Waals surface area (Å²) in [5.74, 6) is -0.571. The molecule has 0 amide bonds. The van der Waals surface area contributed by atoms with Crippen LogP contribution in [0.3, 0.4) is 0 Å². The number of hydrogen-bond donors (Lipinski definition) is 2. The predicted octanol–water partition coefficient (Wildman–Crippen LogP) is 2.77. The van der Waals surface area contributed by atoms with Crippen LogP contribution >= 0.6 is 27.5 Å². The van der Waals surface area contributed by atoms with Crippen molar-refractivity contribution in [3.8, 4) is 0 Å². The van der Waals surface area contributed by atoms with E-state index in [1.807, 2.05) is 0 Å². The molecular weight excluding hydrogens is 349 g/mol. The molecule has 0 radical (unpaired) electrons. The molecule has 0 aliphatic heterocycles. The number of halogens is 3. The number of rotatable bonds is 3. The van der Waals surface area contributed by atoms with Crippen LogP contribution in [0.25, 0.3) is 0 Å². The molecule has 0 saturated carbocycles. The highest BCUT2D eigenvalue weighted by atomic mass is 79.9. The molecule has 5 nitrogen and oxygen atoms in total. The van der Waals surface area contributed by atoms with Crippen LogP contribution in [0, 0.1) is 5.82 Å². The van der Waals surface area contributed by atoms with Gasteiger partial charge in [0.05, 0.1) is 16.9 Å². The van der Waals surface area contributed by atoms with Gasteiger partial charge in [-0.25, -0.2) is 12.8 Å². The molecule has 2 rings (SSSR count). The Hall–Kier alpha value is -1.12. The number of benzene rings is 1. The highest BCUT2D eigenvalue weighted by Crippen LogP contribution is 2.33. The van der Waals surface area contributed by atoms with Gasteiger partial charge in [-0.1, -0.05) is 11.6 Å². The third kappa shape index (κ3) is 2.65. The van der Waals surface area contributed by atoms with Gasteiger partial charge >= 0.3 is 0 Å². The Morgan fingerprint density at radius 2 is 2.17 bits per heavy atom. The van der Waals surface area contributed by atoms with Gasteiger partial charge in [0.2, 0.25) is 0 Å². The monoisotopic (exact) mass is 353 g/mol. The van der Waals surface area contributed by atoms with Crippen molar-refractivity contribution in [2.45, 2.75) is 4.90 Å². The highest BCUT2D eigenvalue weighted by molar-refractivity contribution is 9.10. The van der Waals surface area contributed by atoms with Gasteiger partial charge in [-0.2, -0.15) is 5.10 Å². The van der Waals surface area contributed by atoms with Crippen LogP contribution in [0.2, 0.25) is 5.02 Å². The highest BCUT2D eigenvalue weighted by Gasteiger charge is 2.19. The third-order valence-electron chi connectivity index (χ3n) is 2.03. The molecule has 96 valence electrons. The number of nitrogens with zero attached hydrogens (tertiary/aromatic N) is 1. The van der Waals surface area contributed by atoms with E-state index in [4.69, 9.17) is 11.6 Å². The largest absolute Gasteiger partial charge is 0.284 e. The lowest BCUT2D eigenvalue weighted by atomic mass is 10.3. The number of H-pyrrole nitrogens is 1. The fourth-order valence-electron chi connectivity index (χ4n) is 1.22. The lowest BCUT2D eigenvalue weighted by Crippen LogP contribution is -2.13. The average molecular weight is 355 g/mol. The van der Waals surface area contributed by atoms with E-state index in [0.717, 1.165) is 18.3 Å². The van der Waals surface area contributed by atoms with Gasteiger partial charge < -0.3 is 0 Å². The number of hydrogen-bond acceptors (Lipinski definition) is 3. The molecule has 1 heterocycles. The van der Waals surface area contributed by atoms with E-state index in [-0.39, 0.29) is 20.1 Å². The Bertz CT molecular complexity index is 652. The second-order valence-corrected chi connectivity index (χ2v) is 6.23. The minimum atomic E-state index is -3.81. The molecule has 18 heavy (non-hydrogen) atoms. The summed E-state index contributed by atoms with van der Waals surface area (Å²) in [5.41, 5.74) is 0.0688. The molecule has 0 atom stereocenters. The Morgan fingerprint density at radius 1 is 1.44 bits per heavy atom. The summed E-state index contributed by atoms with van der Waals surface area (Å²) in [7, 11) is -3.81. The Kier molecular flexibility index (Phi) is 3.60. The fraction of sp³-hybridized carbons (Fsp3) is 0. The Balaban J connectivity index is 2.42. The van der Waals surface area contributed by atoms with Crippen molar-refractivity contribution in [1.29, 1.82) is 0 Å². The van der Waals surface area contributed by atoms with Crippen molar-refractivity contribution >= 4 is 43.2 Å². The van der Waals surface area contributed by atoms with Gasteiger partial charge in [0.15, 0.2) is 0 Å². The van der Waals surface area contributed by atoms with Gasteiger partial charge in [0, 0.05) is 10.7 Å². The molecule has 0 fully saturated rings. The maximum atomic E-state index is 13.0. The molecule has 1 aromatic carbocycles. The topological polar surface area (TPSA) is 74.8 Å². The summed E-state index contributed by atoms with van der Waals surface area (Å²) < 4.78 is 39.3. The maximum Gasteiger partial charge on any atom is 0.265 e. The van der Waals surface area contributed by atoms with Crippen molar-refractivity contribution in [2.75, 3.05) is 4.72 Å². The normalized spacial score (nSPS) is 11.5. The van der Waals surface area contributed by atoms with Gasteiger partial charge in [-0.3, -0.25) is 9.82 Å². The zero-order valence-electron chi connectivity index (χ0n) is 8.62. The molecule has 2 N–H and O–H groups in total. The van der Waals surface area contributed by atoms with E-state index in [2.05, 4.69) is 30.8 Å². The van der Waals surface area contributed by atoms with Crippen molar-refractivity contribution in [3.63, 3.8) is 0 Å². The van der Waals surface area contributed by atoms with Crippen molar-refractivity contribution in [3.05, 3.63) is 39.8 Å². The molecule has 0 aliphatic carbocycles. The minimum Gasteiger partial charge on any atom is -0.284 e. The van der Waals surface area contributed by atoms with Crippen molar-refractivity contribution in [2.24, 2.45) is 0 Å². The zero-order chi connectivity index (χ0) is 13.3. The smallest absolute Gasteiger partial charge is 0.265 e. The minimum absolute atomic E-state index is 0.0465. The van der Waals surface area contributed by atoms with E-state index in [1.54, 1.807) is 0 Å². The summed E-state index contributed by atoms with van der Waals surface area (Å²) in [4.78, 5) is -0.0465. The lowest BCUT2D eigenvalue weighted by Gasteiger charge is -2.10. The molecule has 0 unspecified atom stereocenters. The standard InChI is InChI=1S/C9H6BrClFN3O2S/c10-7-1-5(12)2-8(11)9(7)15-18(16,17)6-3-13-14-4-6/h1-4,15H,(H,13,14). The average Bonchev–Trinajstić information content (AvgIpc) is 2.77. The fourth-order valence-corrected chi connectivity index (χ4v) is 3.31. The predicted molar refractivity (Wildman–Crippen MR) is 68.5 cm³/mol. The molecule has 2 aromatic rings. The van der Waals surface area contributed by atoms with Crippen molar-refractivity contribution in [1.82, 2.24) is 10.2 Å². The zero-order valence-corrected chi connectivity index (χ0v) is 11.8. The van der Waals surface area contributed by atoms with E-state index in [0.29, 0.717) is 0 Å². The second kappa shape index (κ2) is 4.87. The molecule has 0 aliphatic rings. The first kappa shape index (κ1) is 13.3. The second-order valence-electron chi connectivity index (χ2n) is 3.28. The van der Waals surface area contributed by atoms with Crippen LogP contribution in [0.5, 0.6) is 0 Å². The van der Waals surface area contributed by atoms with E-state index < -0.39 is 15.8 Å². The van der Waals surface area contributed by atoms with Gasteiger partial charge in [0.25, 0.3) is 10.0 Å². The van der Waals surface area contributed by atoms with Crippen molar-refractivity contribution < 1.29 is 12.8 Å². The van der Waals surface area contributed by atoms with E-state index >= 15 is 0 Å². The summed E-state index contributed by atoms with van der Waals surface area (Å²) in [5, 5.41) is 5.88. The SMILES string of the molecule is O=S(=O)(Nc1c(Cl)cc(F)cc1Br)c1cn[nH]c1. The van der Waals surface area contributed by atoms with E-state index in [9.17, 15) is 12.8 Å². The van der Waals surface area contributed by atoms with Crippen LogP contribution in [0.1, 0.15) is 0 Å². The summed E-state index contributed by atoms with van der Waals surface area (Å²) in [6, 6.07) is 2.12. The summed E-state index contributed by atoms with van der Waals surface area (Å²) in [6.45, 7) is 0. The molecule has 9 heteroatoms.